The highest BCUT2D eigenvalue weighted by atomic mass is 15.4. The van der Waals surface area contributed by atoms with Gasteiger partial charge in [-0.1, -0.05) is 13.3 Å². The number of aromatic nitrogens is 3. The van der Waals surface area contributed by atoms with Crippen LogP contribution >= 0.6 is 0 Å². The van der Waals surface area contributed by atoms with Crippen molar-refractivity contribution in [2.45, 2.75) is 58.5 Å². The second kappa shape index (κ2) is 4.53. The summed E-state index contributed by atoms with van der Waals surface area (Å²) in [5.74, 6) is 2.65. The van der Waals surface area contributed by atoms with Crippen LogP contribution in [0.4, 0.5) is 0 Å². The Labute approximate surface area is 97.2 Å². The summed E-state index contributed by atoms with van der Waals surface area (Å²) in [6, 6.07) is 0.586. The maximum atomic E-state index is 6.22. The molecular formula is C12H22N4. The lowest BCUT2D eigenvalue weighted by atomic mass is 9.81. The molecule has 90 valence electrons. The fourth-order valence-electron chi connectivity index (χ4n) is 2.76. The molecule has 1 saturated carbocycles. The first-order valence-corrected chi connectivity index (χ1v) is 6.27. The average molecular weight is 222 g/mol. The van der Waals surface area contributed by atoms with Gasteiger partial charge in [0.15, 0.2) is 0 Å². The van der Waals surface area contributed by atoms with E-state index >= 15 is 0 Å². The van der Waals surface area contributed by atoms with Crippen LogP contribution in [-0.2, 0) is 0 Å². The SMILES string of the molecule is CCC1CCC(N)C(n2nc(C)nc2C)C1. The van der Waals surface area contributed by atoms with E-state index in [-0.39, 0.29) is 6.04 Å². The summed E-state index contributed by atoms with van der Waals surface area (Å²) >= 11 is 0. The Morgan fingerprint density at radius 2 is 2.12 bits per heavy atom. The second-order valence-corrected chi connectivity index (χ2v) is 4.97. The third-order valence-electron chi connectivity index (χ3n) is 3.78. The number of hydrogen-bond donors (Lipinski definition) is 1. The van der Waals surface area contributed by atoms with Crippen LogP contribution in [0.3, 0.4) is 0 Å². The number of aryl methyl sites for hydroxylation is 2. The van der Waals surface area contributed by atoms with Crippen LogP contribution in [0.2, 0.25) is 0 Å². The monoisotopic (exact) mass is 222 g/mol. The number of hydrogen-bond acceptors (Lipinski definition) is 3. The van der Waals surface area contributed by atoms with Gasteiger partial charge >= 0.3 is 0 Å². The Kier molecular flexibility index (Phi) is 3.28. The van der Waals surface area contributed by atoms with Gasteiger partial charge in [0.25, 0.3) is 0 Å². The zero-order valence-electron chi connectivity index (χ0n) is 10.5. The van der Waals surface area contributed by atoms with Gasteiger partial charge in [-0.05, 0) is 39.0 Å². The smallest absolute Gasteiger partial charge is 0.147 e. The van der Waals surface area contributed by atoms with E-state index in [0.29, 0.717) is 6.04 Å². The van der Waals surface area contributed by atoms with Crippen molar-refractivity contribution in [3.8, 4) is 0 Å². The number of nitrogens with two attached hydrogens (primary N) is 1. The van der Waals surface area contributed by atoms with Crippen molar-refractivity contribution in [2.75, 3.05) is 0 Å². The van der Waals surface area contributed by atoms with E-state index in [4.69, 9.17) is 5.73 Å². The second-order valence-electron chi connectivity index (χ2n) is 4.97. The van der Waals surface area contributed by atoms with Crippen molar-refractivity contribution < 1.29 is 0 Å². The topological polar surface area (TPSA) is 56.7 Å². The summed E-state index contributed by atoms with van der Waals surface area (Å²) in [6.45, 7) is 6.22. The lowest BCUT2D eigenvalue weighted by Gasteiger charge is -2.34. The summed E-state index contributed by atoms with van der Waals surface area (Å²) in [5, 5.41) is 4.48. The Hall–Kier alpha value is -0.900. The van der Waals surface area contributed by atoms with E-state index in [1.54, 1.807) is 0 Å². The Morgan fingerprint density at radius 1 is 1.38 bits per heavy atom. The number of rotatable bonds is 2. The van der Waals surface area contributed by atoms with Crippen LogP contribution in [0.15, 0.2) is 0 Å². The molecule has 2 N–H and O–H groups in total. The highest BCUT2D eigenvalue weighted by Gasteiger charge is 2.30. The van der Waals surface area contributed by atoms with Crippen molar-refractivity contribution in [1.29, 1.82) is 0 Å². The quantitative estimate of drug-likeness (QED) is 0.832. The van der Waals surface area contributed by atoms with E-state index in [9.17, 15) is 0 Å². The van der Waals surface area contributed by atoms with Gasteiger partial charge in [-0.3, -0.25) is 0 Å². The molecule has 0 aromatic carbocycles. The molecule has 1 aromatic rings. The third-order valence-corrected chi connectivity index (χ3v) is 3.78. The van der Waals surface area contributed by atoms with Gasteiger partial charge in [-0.2, -0.15) is 5.10 Å². The van der Waals surface area contributed by atoms with E-state index in [1.165, 1.54) is 12.8 Å². The molecular weight excluding hydrogens is 200 g/mol. The fourth-order valence-corrected chi connectivity index (χ4v) is 2.76. The molecule has 3 unspecified atom stereocenters. The molecule has 1 aliphatic carbocycles. The van der Waals surface area contributed by atoms with Crippen molar-refractivity contribution in [3.05, 3.63) is 11.6 Å². The number of nitrogens with zero attached hydrogens (tertiary/aromatic N) is 3. The lowest BCUT2D eigenvalue weighted by Crippen LogP contribution is -2.38. The predicted molar refractivity (Wildman–Crippen MR) is 64.1 cm³/mol. The minimum absolute atomic E-state index is 0.239. The molecule has 0 saturated heterocycles. The van der Waals surface area contributed by atoms with Crippen LogP contribution in [-0.4, -0.2) is 20.8 Å². The molecule has 1 aromatic heterocycles. The first-order valence-electron chi connectivity index (χ1n) is 6.27. The maximum Gasteiger partial charge on any atom is 0.147 e. The van der Waals surface area contributed by atoms with Gasteiger partial charge in [-0.15, -0.1) is 0 Å². The van der Waals surface area contributed by atoms with Gasteiger partial charge < -0.3 is 5.73 Å². The molecule has 4 nitrogen and oxygen atoms in total. The molecule has 1 heterocycles. The summed E-state index contributed by atoms with van der Waals surface area (Å²) in [5.41, 5.74) is 6.22. The highest BCUT2D eigenvalue weighted by Crippen LogP contribution is 2.33. The summed E-state index contributed by atoms with van der Waals surface area (Å²) in [6.07, 6.45) is 4.78. The zero-order chi connectivity index (χ0) is 11.7. The Balaban J connectivity index is 2.21. The highest BCUT2D eigenvalue weighted by molar-refractivity contribution is 4.95. The van der Waals surface area contributed by atoms with E-state index < -0.39 is 0 Å². The minimum Gasteiger partial charge on any atom is -0.326 e. The molecule has 1 fully saturated rings. The predicted octanol–water partition coefficient (Wildman–Crippen LogP) is 1.97. The van der Waals surface area contributed by atoms with Crippen LogP contribution in [0.25, 0.3) is 0 Å². The average Bonchev–Trinajstić information content (AvgIpc) is 2.58. The standard InChI is InChI=1S/C12H22N4/c1-4-10-5-6-11(13)12(7-10)16-9(3)14-8(2)15-16/h10-12H,4-7,13H2,1-3H3. The molecule has 0 spiro atoms. The molecule has 0 amide bonds. The van der Waals surface area contributed by atoms with E-state index in [0.717, 1.165) is 30.4 Å². The van der Waals surface area contributed by atoms with Gasteiger partial charge in [0.2, 0.25) is 0 Å². The van der Waals surface area contributed by atoms with Crippen molar-refractivity contribution in [2.24, 2.45) is 11.7 Å². The van der Waals surface area contributed by atoms with E-state index in [1.807, 2.05) is 18.5 Å². The van der Waals surface area contributed by atoms with Crippen molar-refractivity contribution in [1.82, 2.24) is 14.8 Å². The van der Waals surface area contributed by atoms with Gasteiger partial charge in [0, 0.05) is 6.04 Å². The van der Waals surface area contributed by atoms with Crippen LogP contribution in [0.1, 0.15) is 50.3 Å². The largest absolute Gasteiger partial charge is 0.326 e. The fraction of sp³-hybridized carbons (Fsp3) is 0.833. The van der Waals surface area contributed by atoms with Crippen molar-refractivity contribution >= 4 is 0 Å². The molecule has 3 atom stereocenters. The first kappa shape index (κ1) is 11.6. The van der Waals surface area contributed by atoms with Gasteiger partial charge in [0.05, 0.1) is 6.04 Å². The summed E-state index contributed by atoms with van der Waals surface area (Å²) in [7, 11) is 0. The Bertz CT molecular complexity index is 358. The third kappa shape index (κ3) is 2.12. The van der Waals surface area contributed by atoms with E-state index in [2.05, 4.69) is 17.0 Å². The molecule has 0 bridgehead atoms. The zero-order valence-corrected chi connectivity index (χ0v) is 10.5. The molecule has 16 heavy (non-hydrogen) atoms. The molecule has 1 aliphatic rings. The Morgan fingerprint density at radius 3 is 2.69 bits per heavy atom. The minimum atomic E-state index is 0.239. The molecule has 2 rings (SSSR count). The molecule has 4 heteroatoms. The summed E-state index contributed by atoms with van der Waals surface area (Å²) in [4.78, 5) is 4.37. The molecule has 0 radical (unpaired) electrons. The lowest BCUT2D eigenvalue weighted by molar-refractivity contribution is 0.214. The summed E-state index contributed by atoms with van der Waals surface area (Å²) < 4.78 is 2.04. The molecule has 0 aliphatic heterocycles. The van der Waals surface area contributed by atoms with Crippen LogP contribution in [0.5, 0.6) is 0 Å². The maximum absolute atomic E-state index is 6.22. The van der Waals surface area contributed by atoms with Crippen LogP contribution in [0, 0.1) is 19.8 Å². The first-order chi connectivity index (χ1) is 7.61. The van der Waals surface area contributed by atoms with Gasteiger partial charge in [0.1, 0.15) is 11.6 Å². The van der Waals surface area contributed by atoms with Crippen molar-refractivity contribution in [3.63, 3.8) is 0 Å². The normalized spacial score (nSPS) is 30.6. The van der Waals surface area contributed by atoms with Crippen LogP contribution < -0.4 is 5.73 Å². The van der Waals surface area contributed by atoms with Gasteiger partial charge in [-0.25, -0.2) is 9.67 Å².